The van der Waals surface area contributed by atoms with Crippen molar-refractivity contribution in [2.45, 2.75) is 19.9 Å². The van der Waals surface area contributed by atoms with E-state index in [2.05, 4.69) is 35.5 Å². The molecular formula is C21H23N3O3. The number of aromatic nitrogens is 2. The van der Waals surface area contributed by atoms with E-state index in [-0.39, 0.29) is 11.8 Å². The molecule has 1 aliphatic rings. The molecule has 2 heterocycles. The Morgan fingerprint density at radius 1 is 1.37 bits per heavy atom. The second-order valence-electron chi connectivity index (χ2n) is 6.97. The van der Waals surface area contributed by atoms with Gasteiger partial charge in [-0.3, -0.25) is 9.48 Å². The van der Waals surface area contributed by atoms with E-state index in [1.54, 1.807) is 7.11 Å². The topological polar surface area (TPSA) is 65.4 Å². The Hall–Kier alpha value is -3.02. The van der Waals surface area contributed by atoms with Crippen LogP contribution in [0.4, 0.5) is 0 Å². The van der Waals surface area contributed by atoms with Gasteiger partial charge in [-0.15, -0.1) is 0 Å². The number of methoxy groups -OCH3 is 1. The standard InChI is InChI=1S/C21H23N3O3/c1-13-7-8-18-16(9-13)17(23-24(18)2)11-22-21(25)15-10-14-5-4-6-19(26-3)20(14)27-12-15/h4-9,15H,10-12H2,1-3H3,(H,22,25). The van der Waals surface area contributed by atoms with E-state index in [4.69, 9.17) is 9.47 Å². The minimum Gasteiger partial charge on any atom is -0.493 e. The summed E-state index contributed by atoms with van der Waals surface area (Å²) in [7, 11) is 3.54. The van der Waals surface area contributed by atoms with Gasteiger partial charge in [0.1, 0.15) is 6.61 Å². The number of aryl methyl sites for hydroxylation is 2. The zero-order chi connectivity index (χ0) is 19.0. The molecule has 1 unspecified atom stereocenters. The molecule has 1 aromatic heterocycles. The zero-order valence-electron chi connectivity index (χ0n) is 15.8. The van der Waals surface area contributed by atoms with E-state index >= 15 is 0 Å². The molecule has 1 atom stereocenters. The molecule has 140 valence electrons. The summed E-state index contributed by atoms with van der Waals surface area (Å²) < 4.78 is 13.0. The molecule has 0 saturated carbocycles. The monoisotopic (exact) mass is 365 g/mol. The minimum absolute atomic E-state index is 0.0186. The molecule has 27 heavy (non-hydrogen) atoms. The Labute approximate surface area is 158 Å². The lowest BCUT2D eigenvalue weighted by Crippen LogP contribution is -2.37. The molecule has 1 N–H and O–H groups in total. The van der Waals surface area contributed by atoms with Crippen LogP contribution in [0.5, 0.6) is 11.5 Å². The fourth-order valence-corrected chi connectivity index (χ4v) is 3.62. The normalized spacial score (nSPS) is 15.9. The number of nitrogens with one attached hydrogen (secondary N) is 1. The molecular weight excluding hydrogens is 342 g/mol. The first-order valence-electron chi connectivity index (χ1n) is 9.05. The number of nitrogens with zero attached hydrogens (tertiary/aromatic N) is 2. The molecule has 2 aromatic carbocycles. The summed E-state index contributed by atoms with van der Waals surface area (Å²) in [4.78, 5) is 12.7. The van der Waals surface area contributed by atoms with Crippen molar-refractivity contribution in [3.05, 3.63) is 53.2 Å². The van der Waals surface area contributed by atoms with Gasteiger partial charge in [-0.1, -0.05) is 23.8 Å². The van der Waals surface area contributed by atoms with Gasteiger partial charge in [0.25, 0.3) is 0 Å². The van der Waals surface area contributed by atoms with Crippen LogP contribution in [0.15, 0.2) is 36.4 Å². The van der Waals surface area contributed by atoms with Crippen LogP contribution < -0.4 is 14.8 Å². The highest BCUT2D eigenvalue weighted by atomic mass is 16.5. The fourth-order valence-electron chi connectivity index (χ4n) is 3.62. The zero-order valence-corrected chi connectivity index (χ0v) is 15.8. The third-order valence-corrected chi connectivity index (χ3v) is 5.06. The minimum atomic E-state index is -0.221. The summed E-state index contributed by atoms with van der Waals surface area (Å²) in [6.07, 6.45) is 0.639. The summed E-state index contributed by atoms with van der Waals surface area (Å²) in [6, 6.07) is 12.0. The molecule has 0 spiro atoms. The average molecular weight is 365 g/mol. The lowest BCUT2D eigenvalue weighted by molar-refractivity contribution is -0.126. The van der Waals surface area contributed by atoms with Crippen molar-refractivity contribution in [2.75, 3.05) is 13.7 Å². The summed E-state index contributed by atoms with van der Waals surface area (Å²) in [5.74, 6) is 1.22. The smallest absolute Gasteiger partial charge is 0.227 e. The average Bonchev–Trinajstić information content (AvgIpc) is 3.00. The van der Waals surface area contributed by atoms with Gasteiger partial charge in [-0.2, -0.15) is 5.10 Å². The molecule has 6 heteroatoms. The van der Waals surface area contributed by atoms with Crippen molar-refractivity contribution in [1.82, 2.24) is 15.1 Å². The van der Waals surface area contributed by atoms with Crippen molar-refractivity contribution in [2.24, 2.45) is 13.0 Å². The Kier molecular flexibility index (Phi) is 4.48. The quantitative estimate of drug-likeness (QED) is 0.772. The van der Waals surface area contributed by atoms with Crippen LogP contribution in [0.3, 0.4) is 0 Å². The highest BCUT2D eigenvalue weighted by Gasteiger charge is 2.28. The lowest BCUT2D eigenvalue weighted by atomic mass is 9.95. The number of ether oxygens (including phenoxy) is 2. The number of hydrogen-bond donors (Lipinski definition) is 1. The molecule has 3 aromatic rings. The Morgan fingerprint density at radius 3 is 3.04 bits per heavy atom. The Bertz CT molecular complexity index is 1010. The first-order valence-corrected chi connectivity index (χ1v) is 9.05. The molecule has 1 aliphatic heterocycles. The predicted molar refractivity (Wildman–Crippen MR) is 103 cm³/mol. The second-order valence-corrected chi connectivity index (χ2v) is 6.97. The van der Waals surface area contributed by atoms with E-state index < -0.39 is 0 Å². The number of benzene rings is 2. The molecule has 0 aliphatic carbocycles. The largest absolute Gasteiger partial charge is 0.493 e. The van der Waals surface area contributed by atoms with Crippen molar-refractivity contribution in [1.29, 1.82) is 0 Å². The maximum Gasteiger partial charge on any atom is 0.227 e. The Morgan fingerprint density at radius 2 is 2.22 bits per heavy atom. The van der Waals surface area contributed by atoms with Gasteiger partial charge in [-0.05, 0) is 37.1 Å². The van der Waals surface area contributed by atoms with Crippen molar-refractivity contribution < 1.29 is 14.3 Å². The van der Waals surface area contributed by atoms with Crippen molar-refractivity contribution >= 4 is 16.8 Å². The van der Waals surface area contributed by atoms with E-state index in [0.29, 0.717) is 25.3 Å². The van der Waals surface area contributed by atoms with E-state index in [1.807, 2.05) is 29.9 Å². The number of fused-ring (bicyclic) bond motifs is 2. The molecule has 0 saturated heterocycles. The maximum atomic E-state index is 12.7. The SMILES string of the molecule is COc1cccc2c1OCC(C(=O)NCc1nn(C)c3ccc(C)cc13)C2. The van der Waals surface area contributed by atoms with Gasteiger partial charge in [0.15, 0.2) is 11.5 Å². The molecule has 1 amide bonds. The van der Waals surface area contributed by atoms with Crippen LogP contribution in [-0.2, 0) is 24.8 Å². The molecule has 4 rings (SSSR count). The summed E-state index contributed by atoms with van der Waals surface area (Å²) in [5.41, 5.74) is 4.11. The van der Waals surface area contributed by atoms with E-state index in [9.17, 15) is 4.79 Å². The third kappa shape index (κ3) is 3.23. The third-order valence-electron chi connectivity index (χ3n) is 5.06. The van der Waals surface area contributed by atoms with Crippen LogP contribution in [-0.4, -0.2) is 29.4 Å². The number of hydrogen-bond acceptors (Lipinski definition) is 4. The van der Waals surface area contributed by atoms with Gasteiger partial charge in [0.2, 0.25) is 5.91 Å². The Balaban J connectivity index is 1.47. The van der Waals surface area contributed by atoms with Crippen LogP contribution in [0.1, 0.15) is 16.8 Å². The van der Waals surface area contributed by atoms with Gasteiger partial charge in [-0.25, -0.2) is 0 Å². The number of rotatable bonds is 4. The lowest BCUT2D eigenvalue weighted by Gasteiger charge is -2.25. The number of carbonyl (C=O) groups is 1. The number of para-hydroxylation sites is 1. The van der Waals surface area contributed by atoms with Gasteiger partial charge in [0.05, 0.1) is 30.8 Å². The van der Waals surface area contributed by atoms with Crippen molar-refractivity contribution in [3.8, 4) is 11.5 Å². The summed E-state index contributed by atoms with van der Waals surface area (Å²) in [5, 5.41) is 8.66. The molecule has 6 nitrogen and oxygen atoms in total. The first kappa shape index (κ1) is 17.4. The van der Waals surface area contributed by atoms with Crippen molar-refractivity contribution in [3.63, 3.8) is 0 Å². The van der Waals surface area contributed by atoms with Gasteiger partial charge < -0.3 is 14.8 Å². The molecule has 0 bridgehead atoms. The molecule has 0 radical (unpaired) electrons. The number of amides is 1. The van der Waals surface area contributed by atoms with E-state index in [1.165, 1.54) is 5.56 Å². The van der Waals surface area contributed by atoms with Gasteiger partial charge in [0, 0.05) is 12.4 Å². The summed E-state index contributed by atoms with van der Waals surface area (Å²) in [6.45, 7) is 2.81. The second kappa shape index (κ2) is 6.95. The summed E-state index contributed by atoms with van der Waals surface area (Å²) >= 11 is 0. The van der Waals surface area contributed by atoms with Crippen LogP contribution >= 0.6 is 0 Å². The first-order chi connectivity index (χ1) is 13.1. The van der Waals surface area contributed by atoms with Crippen LogP contribution in [0.25, 0.3) is 10.9 Å². The molecule has 0 fully saturated rings. The van der Waals surface area contributed by atoms with Crippen LogP contribution in [0, 0.1) is 12.8 Å². The maximum absolute atomic E-state index is 12.7. The van der Waals surface area contributed by atoms with Gasteiger partial charge >= 0.3 is 0 Å². The van der Waals surface area contributed by atoms with Crippen LogP contribution in [0.2, 0.25) is 0 Å². The number of carbonyl (C=O) groups excluding carboxylic acids is 1. The fraction of sp³-hybridized carbons (Fsp3) is 0.333. The highest BCUT2D eigenvalue weighted by Crippen LogP contribution is 2.36. The predicted octanol–water partition coefficient (Wildman–Crippen LogP) is 2.76. The highest BCUT2D eigenvalue weighted by molar-refractivity contribution is 5.84. The van der Waals surface area contributed by atoms with E-state index in [0.717, 1.165) is 27.9 Å².